The Hall–Kier alpha value is -7.70. The lowest BCUT2D eigenvalue weighted by Crippen LogP contribution is -2.01. The summed E-state index contributed by atoms with van der Waals surface area (Å²) < 4.78 is 12.8. The molecule has 0 fully saturated rings. The minimum atomic E-state index is 0.566. The van der Waals surface area contributed by atoms with Crippen molar-refractivity contribution in [3.05, 3.63) is 182 Å². The van der Waals surface area contributed by atoms with Crippen molar-refractivity contribution in [1.29, 1.82) is 0 Å². The number of nitrogens with zero attached hydrogens (tertiary/aromatic N) is 4. The Morgan fingerprint density at radius 3 is 1.80 bits per heavy atom. The van der Waals surface area contributed by atoms with Crippen LogP contribution in [-0.4, -0.2) is 19.9 Å². The van der Waals surface area contributed by atoms with E-state index in [0.717, 1.165) is 88.3 Å². The molecule has 0 aliphatic heterocycles. The van der Waals surface area contributed by atoms with Gasteiger partial charge in [0.2, 0.25) is 5.89 Å². The molecule has 8 aromatic carbocycles. The van der Waals surface area contributed by atoms with E-state index in [1.807, 2.05) is 78.9 Å². The predicted octanol–water partition coefficient (Wildman–Crippen LogP) is 13.1. The van der Waals surface area contributed by atoms with E-state index in [1.165, 1.54) is 0 Å². The molecule has 262 valence electrons. The van der Waals surface area contributed by atoms with Gasteiger partial charge in [0.05, 0.1) is 0 Å². The summed E-state index contributed by atoms with van der Waals surface area (Å²) in [5.41, 5.74) is 10.9. The number of aromatic nitrogens is 4. The van der Waals surface area contributed by atoms with Crippen molar-refractivity contribution in [2.24, 2.45) is 0 Å². The third kappa shape index (κ3) is 5.35. The van der Waals surface area contributed by atoms with Crippen molar-refractivity contribution in [2.75, 3.05) is 0 Å². The van der Waals surface area contributed by atoms with E-state index in [-0.39, 0.29) is 0 Å². The first-order chi connectivity index (χ1) is 27.7. The quantitative estimate of drug-likeness (QED) is 0.170. The number of rotatable bonds is 6. The largest absolute Gasteiger partial charge is 0.456 e. The van der Waals surface area contributed by atoms with E-state index in [1.54, 1.807) is 0 Å². The van der Waals surface area contributed by atoms with Crippen LogP contribution in [0.5, 0.6) is 0 Å². The van der Waals surface area contributed by atoms with Crippen LogP contribution in [-0.2, 0) is 0 Å². The Morgan fingerprint density at radius 1 is 0.339 bits per heavy atom. The van der Waals surface area contributed by atoms with E-state index in [9.17, 15) is 0 Å². The van der Waals surface area contributed by atoms with Crippen molar-refractivity contribution < 1.29 is 8.83 Å². The van der Waals surface area contributed by atoms with Crippen LogP contribution in [0.1, 0.15) is 0 Å². The van der Waals surface area contributed by atoms with Gasteiger partial charge in [-0.25, -0.2) is 19.9 Å². The summed E-state index contributed by atoms with van der Waals surface area (Å²) in [7, 11) is 0. The van der Waals surface area contributed by atoms with Crippen molar-refractivity contribution in [3.63, 3.8) is 0 Å². The second-order valence-corrected chi connectivity index (χ2v) is 13.8. The van der Waals surface area contributed by atoms with Crippen LogP contribution in [0.25, 0.3) is 112 Å². The zero-order valence-corrected chi connectivity index (χ0v) is 29.9. The van der Waals surface area contributed by atoms with Crippen molar-refractivity contribution in [3.8, 4) is 67.9 Å². The molecule has 11 aromatic rings. The molecule has 11 rings (SSSR count). The summed E-state index contributed by atoms with van der Waals surface area (Å²) >= 11 is 0. The summed E-state index contributed by atoms with van der Waals surface area (Å²) in [6.07, 6.45) is 0. The van der Waals surface area contributed by atoms with E-state index in [4.69, 9.17) is 28.8 Å². The van der Waals surface area contributed by atoms with Gasteiger partial charge in [-0.2, -0.15) is 0 Å². The standard InChI is InChI=1S/C50H30N4O2/c1-3-14-31(15-4-1)36-21-7-8-22-38(36)48-52-47(53-49(54-48)40-25-13-27-43-45(40)39-23-9-10-26-42(39)55-43)35-20-11-19-34(30-35)37-24-12-18-32-28-29-41-46(44(32)37)56-50(51-41)33-16-5-2-6-17-33/h1-30H. The maximum atomic E-state index is 6.53. The Kier molecular flexibility index (Phi) is 7.38. The number of furan rings is 1. The first-order valence-corrected chi connectivity index (χ1v) is 18.6. The van der Waals surface area contributed by atoms with E-state index < -0.39 is 0 Å². The van der Waals surface area contributed by atoms with Gasteiger partial charge in [-0.15, -0.1) is 0 Å². The molecule has 0 atom stereocenters. The normalized spacial score (nSPS) is 11.6. The summed E-state index contributed by atoms with van der Waals surface area (Å²) in [6, 6.07) is 61.7. The molecule has 0 spiro atoms. The molecule has 0 N–H and O–H groups in total. The summed E-state index contributed by atoms with van der Waals surface area (Å²) in [6.45, 7) is 0. The van der Waals surface area contributed by atoms with E-state index >= 15 is 0 Å². The first kappa shape index (κ1) is 31.8. The third-order valence-corrected chi connectivity index (χ3v) is 10.4. The molecule has 0 bridgehead atoms. The van der Waals surface area contributed by atoms with Crippen LogP contribution < -0.4 is 0 Å². The fourth-order valence-corrected chi connectivity index (χ4v) is 7.78. The summed E-state index contributed by atoms with van der Waals surface area (Å²) in [4.78, 5) is 20.6. The number of oxazole rings is 1. The monoisotopic (exact) mass is 718 g/mol. The number of hydrogen-bond donors (Lipinski definition) is 0. The van der Waals surface area contributed by atoms with Crippen molar-refractivity contribution >= 4 is 43.8 Å². The zero-order valence-electron chi connectivity index (χ0n) is 29.9. The summed E-state index contributed by atoms with van der Waals surface area (Å²) in [5.74, 6) is 2.31. The fourth-order valence-electron chi connectivity index (χ4n) is 7.78. The second kappa shape index (κ2) is 13.0. The zero-order chi connectivity index (χ0) is 37.0. The van der Waals surface area contributed by atoms with Crippen LogP contribution in [0.2, 0.25) is 0 Å². The smallest absolute Gasteiger partial charge is 0.227 e. The van der Waals surface area contributed by atoms with Crippen LogP contribution in [0.3, 0.4) is 0 Å². The van der Waals surface area contributed by atoms with Crippen LogP contribution >= 0.6 is 0 Å². The highest BCUT2D eigenvalue weighted by Crippen LogP contribution is 2.40. The van der Waals surface area contributed by atoms with Crippen molar-refractivity contribution in [2.45, 2.75) is 0 Å². The Labute approximate surface area is 321 Å². The number of benzene rings is 8. The molecule has 0 amide bonds. The lowest BCUT2D eigenvalue weighted by molar-refractivity contribution is 0.623. The number of fused-ring (bicyclic) bond motifs is 6. The highest BCUT2D eigenvalue weighted by atomic mass is 16.3. The van der Waals surface area contributed by atoms with Gasteiger partial charge in [0.15, 0.2) is 23.1 Å². The molecular weight excluding hydrogens is 689 g/mol. The lowest BCUT2D eigenvalue weighted by atomic mass is 9.96. The van der Waals surface area contributed by atoms with Gasteiger partial charge in [-0.05, 0) is 64.0 Å². The average Bonchev–Trinajstić information content (AvgIpc) is 3.89. The third-order valence-electron chi connectivity index (χ3n) is 10.4. The van der Waals surface area contributed by atoms with Crippen LogP contribution in [0.4, 0.5) is 0 Å². The maximum absolute atomic E-state index is 6.53. The molecule has 0 saturated heterocycles. The molecular formula is C50H30N4O2. The van der Waals surface area contributed by atoms with Gasteiger partial charge in [0.25, 0.3) is 0 Å². The molecule has 3 heterocycles. The van der Waals surface area contributed by atoms with Gasteiger partial charge in [0.1, 0.15) is 16.7 Å². The maximum Gasteiger partial charge on any atom is 0.227 e. The highest BCUT2D eigenvalue weighted by molar-refractivity contribution is 6.13. The fraction of sp³-hybridized carbons (Fsp3) is 0. The molecule has 6 nitrogen and oxygen atoms in total. The SMILES string of the molecule is c1ccc(-c2nc3ccc4cccc(-c5cccc(-c6nc(-c7ccccc7-c7ccccc7)nc(-c7cccc8oc9ccccc9c78)n6)c5)c4c3o2)cc1. The number of para-hydroxylation sites is 1. The van der Waals surface area contributed by atoms with Gasteiger partial charge in [-0.3, -0.25) is 0 Å². The average molecular weight is 719 g/mol. The molecule has 6 heteroatoms. The Morgan fingerprint density at radius 2 is 0.946 bits per heavy atom. The molecule has 0 aliphatic rings. The minimum absolute atomic E-state index is 0.566. The van der Waals surface area contributed by atoms with Gasteiger partial charge in [-0.1, -0.05) is 146 Å². The molecule has 3 aromatic heterocycles. The van der Waals surface area contributed by atoms with E-state index in [2.05, 4.69) is 103 Å². The highest BCUT2D eigenvalue weighted by Gasteiger charge is 2.20. The number of hydrogen-bond acceptors (Lipinski definition) is 6. The van der Waals surface area contributed by atoms with E-state index in [0.29, 0.717) is 23.4 Å². The Balaban J connectivity index is 1.12. The van der Waals surface area contributed by atoms with Crippen LogP contribution in [0.15, 0.2) is 191 Å². The topological polar surface area (TPSA) is 77.8 Å². The molecule has 0 aliphatic carbocycles. The first-order valence-electron chi connectivity index (χ1n) is 18.6. The molecule has 56 heavy (non-hydrogen) atoms. The van der Waals surface area contributed by atoms with Gasteiger partial charge in [0, 0.05) is 38.4 Å². The Bertz CT molecular complexity index is 3260. The predicted molar refractivity (Wildman–Crippen MR) is 225 cm³/mol. The summed E-state index contributed by atoms with van der Waals surface area (Å²) in [5, 5.41) is 4.06. The second-order valence-electron chi connectivity index (χ2n) is 13.8. The molecule has 0 saturated carbocycles. The minimum Gasteiger partial charge on any atom is -0.456 e. The lowest BCUT2D eigenvalue weighted by Gasteiger charge is -2.13. The van der Waals surface area contributed by atoms with Gasteiger partial charge < -0.3 is 8.83 Å². The van der Waals surface area contributed by atoms with Crippen LogP contribution in [0, 0.1) is 0 Å². The molecule has 0 radical (unpaired) electrons. The van der Waals surface area contributed by atoms with Crippen molar-refractivity contribution in [1.82, 2.24) is 19.9 Å². The van der Waals surface area contributed by atoms with Gasteiger partial charge >= 0.3 is 0 Å². The molecule has 0 unspecified atom stereocenters.